The van der Waals surface area contributed by atoms with Crippen LogP contribution in [-0.2, 0) is 9.53 Å². The molecule has 6 heteroatoms. The second-order valence-corrected chi connectivity index (χ2v) is 10.1. The van der Waals surface area contributed by atoms with E-state index in [9.17, 15) is 4.79 Å². The van der Waals surface area contributed by atoms with Crippen molar-refractivity contribution < 1.29 is 23.7 Å². The van der Waals surface area contributed by atoms with Crippen LogP contribution in [0.25, 0.3) is 0 Å². The molecule has 6 nitrogen and oxygen atoms in total. The van der Waals surface area contributed by atoms with Gasteiger partial charge in [-0.3, -0.25) is 4.79 Å². The second kappa shape index (κ2) is 7.04. The standard InChI is InChI=1S/C24H33NO5/c1-14(26)25-22-23(2,3)16-12-17-20(30-9-6-24(17,22)13-16)15-10-18(27-4)21-19(11-15)28-7-5-8-29-21/h10-11,16-17,20,22H,5-9,12-13H2,1-4H3,(H,25,26)/t16-,17-,20-,22+,24-/m1/s1. The van der Waals surface area contributed by atoms with Gasteiger partial charge in [-0.25, -0.2) is 0 Å². The maximum Gasteiger partial charge on any atom is 0.217 e. The third kappa shape index (κ3) is 2.83. The molecular weight excluding hydrogens is 382 g/mol. The van der Waals surface area contributed by atoms with Crippen molar-refractivity contribution in [2.75, 3.05) is 26.9 Å². The highest BCUT2D eigenvalue weighted by Crippen LogP contribution is 2.70. The molecule has 2 aliphatic carbocycles. The third-order valence-electron chi connectivity index (χ3n) is 8.24. The third-order valence-corrected chi connectivity index (χ3v) is 8.24. The molecule has 2 saturated carbocycles. The van der Waals surface area contributed by atoms with E-state index in [-0.39, 0.29) is 28.9 Å². The number of rotatable bonds is 3. The Morgan fingerprint density at radius 1 is 1.20 bits per heavy atom. The number of hydrogen-bond donors (Lipinski definition) is 1. The molecule has 164 valence electrons. The highest BCUT2D eigenvalue weighted by molar-refractivity contribution is 5.73. The number of carbonyl (C=O) groups is 1. The minimum absolute atomic E-state index is 0.0258. The Bertz CT molecular complexity index is 852. The number of ether oxygens (including phenoxy) is 4. The lowest BCUT2D eigenvalue weighted by atomic mass is 9.59. The summed E-state index contributed by atoms with van der Waals surface area (Å²) in [5, 5.41) is 3.34. The summed E-state index contributed by atoms with van der Waals surface area (Å²) in [7, 11) is 1.67. The van der Waals surface area contributed by atoms with Crippen molar-refractivity contribution >= 4 is 5.91 Å². The fourth-order valence-corrected chi connectivity index (χ4v) is 6.90. The van der Waals surface area contributed by atoms with Gasteiger partial charge in [-0.15, -0.1) is 0 Å². The zero-order valence-corrected chi connectivity index (χ0v) is 18.5. The molecule has 0 aromatic heterocycles. The van der Waals surface area contributed by atoms with Crippen molar-refractivity contribution in [3.05, 3.63) is 17.7 Å². The highest BCUT2D eigenvalue weighted by atomic mass is 16.5. The van der Waals surface area contributed by atoms with Gasteiger partial charge >= 0.3 is 0 Å². The molecule has 5 rings (SSSR count). The molecular formula is C24H33NO5. The molecule has 0 radical (unpaired) electrons. The van der Waals surface area contributed by atoms with Gasteiger partial charge in [0.05, 0.1) is 26.4 Å². The molecule has 1 aromatic carbocycles. The van der Waals surface area contributed by atoms with Gasteiger partial charge in [0.25, 0.3) is 0 Å². The molecule has 2 bridgehead atoms. The molecule has 1 N–H and O–H groups in total. The SMILES string of the molecule is COc1cc([C@H]2OCC[C@@]34C[C@@H](C[C@H]23)C(C)(C)[C@@H]4NC(C)=O)cc2c1OCCCO2. The predicted octanol–water partition coefficient (Wildman–Crippen LogP) is 3.88. The van der Waals surface area contributed by atoms with Crippen molar-refractivity contribution in [3.8, 4) is 17.2 Å². The molecule has 30 heavy (non-hydrogen) atoms. The normalized spacial score (nSPS) is 36.0. The average Bonchev–Trinajstić information content (AvgIpc) is 3.07. The summed E-state index contributed by atoms with van der Waals surface area (Å²) < 4.78 is 23.9. The number of fused-ring (bicyclic) bond motifs is 2. The Balaban J connectivity index is 1.53. The molecule has 1 amide bonds. The Labute approximate surface area is 178 Å². The van der Waals surface area contributed by atoms with Crippen molar-refractivity contribution in [1.82, 2.24) is 5.32 Å². The van der Waals surface area contributed by atoms with E-state index in [1.54, 1.807) is 14.0 Å². The van der Waals surface area contributed by atoms with Crippen LogP contribution in [0.1, 0.15) is 58.1 Å². The molecule has 2 aliphatic heterocycles. The summed E-state index contributed by atoms with van der Waals surface area (Å²) in [6, 6.07) is 4.32. The fourth-order valence-electron chi connectivity index (χ4n) is 6.90. The number of methoxy groups -OCH3 is 1. The Hall–Kier alpha value is -1.95. The molecule has 3 fully saturated rings. The van der Waals surface area contributed by atoms with Gasteiger partial charge in [-0.2, -0.15) is 0 Å². The van der Waals surface area contributed by atoms with Crippen LogP contribution in [0.5, 0.6) is 17.2 Å². The van der Waals surface area contributed by atoms with E-state index in [0.29, 0.717) is 43.2 Å². The minimum Gasteiger partial charge on any atom is -0.493 e. The Kier molecular flexibility index (Phi) is 4.69. The van der Waals surface area contributed by atoms with E-state index in [2.05, 4.69) is 31.3 Å². The monoisotopic (exact) mass is 415 g/mol. The van der Waals surface area contributed by atoms with Crippen LogP contribution in [0.15, 0.2) is 12.1 Å². The second-order valence-electron chi connectivity index (χ2n) is 10.1. The van der Waals surface area contributed by atoms with Crippen LogP contribution in [0, 0.1) is 22.7 Å². The van der Waals surface area contributed by atoms with E-state index in [1.807, 2.05) is 0 Å². The molecule has 4 aliphatic rings. The topological polar surface area (TPSA) is 66.0 Å². The molecule has 1 aromatic rings. The highest BCUT2D eigenvalue weighted by Gasteiger charge is 2.68. The van der Waals surface area contributed by atoms with Gasteiger partial charge in [0.15, 0.2) is 11.5 Å². The lowest BCUT2D eigenvalue weighted by molar-refractivity contribution is -0.136. The maximum atomic E-state index is 12.1. The van der Waals surface area contributed by atoms with Crippen LogP contribution >= 0.6 is 0 Å². The largest absolute Gasteiger partial charge is 0.493 e. The minimum atomic E-state index is -0.0258. The van der Waals surface area contributed by atoms with E-state index in [4.69, 9.17) is 18.9 Å². The van der Waals surface area contributed by atoms with Crippen LogP contribution < -0.4 is 19.5 Å². The van der Waals surface area contributed by atoms with Crippen molar-refractivity contribution in [3.63, 3.8) is 0 Å². The fraction of sp³-hybridized carbons (Fsp3) is 0.708. The van der Waals surface area contributed by atoms with E-state index in [0.717, 1.165) is 37.0 Å². The summed E-state index contributed by atoms with van der Waals surface area (Å²) in [5.41, 5.74) is 1.28. The molecule has 5 atom stereocenters. The van der Waals surface area contributed by atoms with Crippen LogP contribution in [0.2, 0.25) is 0 Å². The zero-order valence-electron chi connectivity index (χ0n) is 18.5. The van der Waals surface area contributed by atoms with Gasteiger partial charge in [-0.05, 0) is 59.6 Å². The van der Waals surface area contributed by atoms with E-state index < -0.39 is 0 Å². The summed E-state index contributed by atoms with van der Waals surface area (Å²) in [6.07, 6.45) is 4.12. The number of benzene rings is 1. The lowest BCUT2D eigenvalue weighted by Crippen LogP contribution is -2.58. The van der Waals surface area contributed by atoms with Crippen molar-refractivity contribution in [1.29, 1.82) is 0 Å². The van der Waals surface area contributed by atoms with Crippen molar-refractivity contribution in [2.45, 2.75) is 58.6 Å². The van der Waals surface area contributed by atoms with Gasteiger partial charge in [0.1, 0.15) is 0 Å². The van der Waals surface area contributed by atoms with Crippen LogP contribution in [0.3, 0.4) is 0 Å². The predicted molar refractivity (Wildman–Crippen MR) is 112 cm³/mol. The Morgan fingerprint density at radius 2 is 2.00 bits per heavy atom. The molecule has 1 saturated heterocycles. The van der Waals surface area contributed by atoms with Crippen LogP contribution in [0.4, 0.5) is 0 Å². The van der Waals surface area contributed by atoms with E-state index >= 15 is 0 Å². The van der Waals surface area contributed by atoms with Gasteiger partial charge < -0.3 is 24.3 Å². The number of carbonyl (C=O) groups excluding carboxylic acids is 1. The van der Waals surface area contributed by atoms with Crippen molar-refractivity contribution in [2.24, 2.45) is 22.7 Å². The van der Waals surface area contributed by atoms with Crippen LogP contribution in [-0.4, -0.2) is 38.9 Å². The van der Waals surface area contributed by atoms with E-state index in [1.165, 1.54) is 0 Å². The summed E-state index contributed by atoms with van der Waals surface area (Å²) >= 11 is 0. The number of nitrogens with one attached hydrogen (secondary N) is 1. The molecule has 0 unspecified atom stereocenters. The summed E-state index contributed by atoms with van der Waals surface area (Å²) in [4.78, 5) is 12.1. The summed E-state index contributed by atoms with van der Waals surface area (Å²) in [5.74, 6) is 3.16. The number of amides is 1. The van der Waals surface area contributed by atoms with Gasteiger partial charge in [0.2, 0.25) is 11.7 Å². The first-order chi connectivity index (χ1) is 14.4. The molecule has 2 heterocycles. The number of hydrogen-bond acceptors (Lipinski definition) is 5. The summed E-state index contributed by atoms with van der Waals surface area (Å²) in [6.45, 7) is 8.26. The first kappa shape index (κ1) is 20.0. The zero-order chi connectivity index (χ0) is 21.1. The maximum absolute atomic E-state index is 12.1. The molecule has 1 spiro atoms. The first-order valence-electron chi connectivity index (χ1n) is 11.2. The smallest absolute Gasteiger partial charge is 0.217 e. The lowest BCUT2D eigenvalue weighted by Gasteiger charge is -2.53. The Morgan fingerprint density at radius 3 is 2.77 bits per heavy atom. The quantitative estimate of drug-likeness (QED) is 0.812. The average molecular weight is 416 g/mol. The van der Waals surface area contributed by atoms with Gasteiger partial charge in [-0.1, -0.05) is 13.8 Å². The van der Waals surface area contributed by atoms with Gasteiger partial charge in [0, 0.05) is 26.0 Å². The first-order valence-corrected chi connectivity index (χ1v) is 11.2.